The van der Waals surface area contributed by atoms with Gasteiger partial charge in [0.1, 0.15) is 0 Å². The third-order valence-electron chi connectivity index (χ3n) is 2.29. The molecule has 0 aromatic carbocycles. The Kier molecular flexibility index (Phi) is 3.32. The summed E-state index contributed by atoms with van der Waals surface area (Å²) in [5.74, 6) is 0.736. The smallest absolute Gasteiger partial charge is 0.222 e. The quantitative estimate of drug-likeness (QED) is 0.574. The van der Waals surface area contributed by atoms with Gasteiger partial charge in [0, 0.05) is 20.5 Å². The summed E-state index contributed by atoms with van der Waals surface area (Å²) in [4.78, 5) is 13.0. The van der Waals surface area contributed by atoms with E-state index in [9.17, 15) is 4.79 Å². The van der Waals surface area contributed by atoms with Gasteiger partial charge in [-0.25, -0.2) is 0 Å². The molecule has 0 saturated heterocycles. The van der Waals surface area contributed by atoms with Gasteiger partial charge in [0.05, 0.1) is 0 Å². The second-order valence-corrected chi connectivity index (χ2v) is 3.61. The summed E-state index contributed by atoms with van der Waals surface area (Å²) in [7, 11) is 3.63. The molecule has 1 aliphatic rings. The van der Waals surface area contributed by atoms with Gasteiger partial charge in [-0.3, -0.25) is 4.79 Å². The number of hydrogen-bond acceptors (Lipinski definition) is 1. The molecular weight excluding hydrogens is 150 g/mol. The molecule has 0 spiro atoms. The van der Waals surface area contributed by atoms with Crippen molar-refractivity contribution >= 4 is 5.91 Å². The van der Waals surface area contributed by atoms with Crippen molar-refractivity contribution < 1.29 is 4.79 Å². The lowest BCUT2D eigenvalue weighted by Gasteiger charge is -2.18. The summed E-state index contributed by atoms with van der Waals surface area (Å²) >= 11 is 0. The molecule has 12 heavy (non-hydrogen) atoms. The number of nitrogens with zero attached hydrogens (tertiary/aromatic N) is 1. The summed E-state index contributed by atoms with van der Waals surface area (Å²) in [6.45, 7) is 0. The van der Waals surface area contributed by atoms with Crippen LogP contribution in [-0.4, -0.2) is 24.9 Å². The van der Waals surface area contributed by atoms with Gasteiger partial charge in [-0.1, -0.05) is 12.2 Å². The number of amides is 1. The predicted molar refractivity (Wildman–Crippen MR) is 49.8 cm³/mol. The zero-order valence-electron chi connectivity index (χ0n) is 7.92. The third-order valence-corrected chi connectivity index (χ3v) is 2.29. The van der Waals surface area contributed by atoms with E-state index in [4.69, 9.17) is 0 Å². The first-order valence-electron chi connectivity index (χ1n) is 4.57. The Bertz CT molecular complexity index is 184. The third kappa shape index (κ3) is 2.68. The Morgan fingerprint density at radius 3 is 2.83 bits per heavy atom. The summed E-state index contributed by atoms with van der Waals surface area (Å²) in [6, 6.07) is 0. The Hall–Kier alpha value is -0.790. The molecule has 0 fully saturated rings. The van der Waals surface area contributed by atoms with E-state index >= 15 is 0 Å². The van der Waals surface area contributed by atoms with Crippen molar-refractivity contribution in [1.29, 1.82) is 0 Å². The van der Waals surface area contributed by atoms with Crippen LogP contribution in [0.3, 0.4) is 0 Å². The number of carbonyl (C=O) groups is 1. The molecule has 0 radical (unpaired) electrons. The van der Waals surface area contributed by atoms with Crippen molar-refractivity contribution in [3.63, 3.8) is 0 Å². The normalized spacial score (nSPS) is 22.3. The number of carbonyl (C=O) groups excluding carboxylic acids is 1. The molecule has 2 heteroatoms. The van der Waals surface area contributed by atoms with Crippen molar-refractivity contribution in [2.24, 2.45) is 5.92 Å². The Balaban J connectivity index is 2.35. The molecule has 0 heterocycles. The van der Waals surface area contributed by atoms with Gasteiger partial charge in [0.15, 0.2) is 0 Å². The van der Waals surface area contributed by atoms with E-state index in [0.29, 0.717) is 12.3 Å². The minimum absolute atomic E-state index is 0.242. The SMILES string of the molecule is CN(C)C(=O)C[C@@H]1C=CCCC1. The molecule has 0 saturated carbocycles. The van der Waals surface area contributed by atoms with Gasteiger partial charge in [0.25, 0.3) is 0 Å². The molecule has 68 valence electrons. The van der Waals surface area contributed by atoms with Crippen LogP contribution < -0.4 is 0 Å². The monoisotopic (exact) mass is 167 g/mol. The fraction of sp³-hybridized carbons (Fsp3) is 0.700. The first-order valence-corrected chi connectivity index (χ1v) is 4.57. The Labute approximate surface area is 74.2 Å². The van der Waals surface area contributed by atoms with Crippen molar-refractivity contribution in [2.45, 2.75) is 25.7 Å². The predicted octanol–water partition coefficient (Wildman–Crippen LogP) is 1.82. The molecule has 1 atom stereocenters. The molecule has 2 nitrogen and oxygen atoms in total. The van der Waals surface area contributed by atoms with E-state index in [0.717, 1.165) is 0 Å². The van der Waals surface area contributed by atoms with Crippen LogP contribution in [-0.2, 0) is 4.79 Å². The van der Waals surface area contributed by atoms with E-state index < -0.39 is 0 Å². The summed E-state index contributed by atoms with van der Waals surface area (Å²) in [5, 5.41) is 0. The zero-order chi connectivity index (χ0) is 8.97. The van der Waals surface area contributed by atoms with Gasteiger partial charge in [0.2, 0.25) is 5.91 Å². The molecule has 1 rings (SSSR count). The number of allylic oxidation sites excluding steroid dienone is 2. The highest BCUT2D eigenvalue weighted by Gasteiger charge is 2.13. The highest BCUT2D eigenvalue weighted by atomic mass is 16.2. The number of hydrogen-bond donors (Lipinski definition) is 0. The summed E-state index contributed by atoms with van der Waals surface area (Å²) in [6.07, 6.45) is 8.66. The van der Waals surface area contributed by atoms with Crippen LogP contribution in [0.5, 0.6) is 0 Å². The molecule has 0 aromatic rings. The minimum Gasteiger partial charge on any atom is -0.349 e. The first kappa shape index (κ1) is 9.30. The molecule has 0 aliphatic heterocycles. The largest absolute Gasteiger partial charge is 0.349 e. The lowest BCUT2D eigenvalue weighted by atomic mass is 9.93. The van der Waals surface area contributed by atoms with Crippen molar-refractivity contribution in [1.82, 2.24) is 4.90 Å². The molecule has 0 aromatic heterocycles. The molecule has 0 bridgehead atoms. The zero-order valence-corrected chi connectivity index (χ0v) is 7.92. The van der Waals surface area contributed by atoms with Gasteiger partial charge in [-0.15, -0.1) is 0 Å². The molecule has 0 N–H and O–H groups in total. The molecule has 0 unspecified atom stereocenters. The van der Waals surface area contributed by atoms with Crippen LogP contribution in [0.25, 0.3) is 0 Å². The van der Waals surface area contributed by atoms with Gasteiger partial charge in [-0.05, 0) is 25.2 Å². The minimum atomic E-state index is 0.242. The maximum atomic E-state index is 11.3. The molecular formula is C10H17NO. The van der Waals surface area contributed by atoms with E-state index in [2.05, 4.69) is 12.2 Å². The van der Waals surface area contributed by atoms with Crippen LogP contribution in [0.1, 0.15) is 25.7 Å². The number of rotatable bonds is 2. The molecule has 1 aliphatic carbocycles. The average molecular weight is 167 g/mol. The Morgan fingerprint density at radius 2 is 2.33 bits per heavy atom. The fourth-order valence-electron chi connectivity index (χ4n) is 1.46. The first-order chi connectivity index (χ1) is 5.70. The fourth-order valence-corrected chi connectivity index (χ4v) is 1.46. The van der Waals surface area contributed by atoms with E-state index in [1.165, 1.54) is 19.3 Å². The van der Waals surface area contributed by atoms with E-state index in [1.807, 2.05) is 14.1 Å². The standard InChI is InChI=1S/C10H17NO/c1-11(2)10(12)8-9-6-4-3-5-7-9/h4,6,9H,3,5,7-8H2,1-2H3/t9-/m1/s1. The van der Waals surface area contributed by atoms with Crippen LogP contribution in [0, 0.1) is 5.92 Å². The maximum Gasteiger partial charge on any atom is 0.222 e. The lowest BCUT2D eigenvalue weighted by Crippen LogP contribution is -2.24. The van der Waals surface area contributed by atoms with Crippen LogP contribution in [0.15, 0.2) is 12.2 Å². The highest BCUT2D eigenvalue weighted by molar-refractivity contribution is 5.76. The highest BCUT2D eigenvalue weighted by Crippen LogP contribution is 2.20. The van der Waals surface area contributed by atoms with Gasteiger partial charge >= 0.3 is 0 Å². The van der Waals surface area contributed by atoms with Crippen molar-refractivity contribution in [2.75, 3.05) is 14.1 Å². The van der Waals surface area contributed by atoms with Crippen LogP contribution in [0.2, 0.25) is 0 Å². The average Bonchev–Trinajstić information content (AvgIpc) is 2.06. The Morgan fingerprint density at radius 1 is 1.58 bits per heavy atom. The second-order valence-electron chi connectivity index (χ2n) is 3.61. The van der Waals surface area contributed by atoms with E-state index in [-0.39, 0.29) is 5.91 Å². The second kappa shape index (κ2) is 4.29. The summed E-state index contributed by atoms with van der Waals surface area (Å²) in [5.41, 5.74) is 0. The van der Waals surface area contributed by atoms with Crippen molar-refractivity contribution in [3.8, 4) is 0 Å². The van der Waals surface area contributed by atoms with Crippen LogP contribution >= 0.6 is 0 Å². The van der Waals surface area contributed by atoms with E-state index in [1.54, 1.807) is 4.90 Å². The van der Waals surface area contributed by atoms with Crippen molar-refractivity contribution in [3.05, 3.63) is 12.2 Å². The van der Waals surface area contributed by atoms with Gasteiger partial charge in [-0.2, -0.15) is 0 Å². The lowest BCUT2D eigenvalue weighted by molar-refractivity contribution is -0.129. The summed E-state index contributed by atoms with van der Waals surface area (Å²) < 4.78 is 0. The molecule has 1 amide bonds. The topological polar surface area (TPSA) is 20.3 Å². The van der Waals surface area contributed by atoms with Gasteiger partial charge < -0.3 is 4.90 Å². The van der Waals surface area contributed by atoms with Crippen LogP contribution in [0.4, 0.5) is 0 Å². The maximum absolute atomic E-state index is 11.3.